The van der Waals surface area contributed by atoms with Gasteiger partial charge in [-0.15, -0.1) is 0 Å². The number of phenolic OH excluding ortho intramolecular Hbond substituents is 2. The van der Waals surface area contributed by atoms with E-state index in [1.54, 1.807) is 24.6 Å². The van der Waals surface area contributed by atoms with Crippen LogP contribution in [-0.4, -0.2) is 34.7 Å². The first-order valence-corrected chi connectivity index (χ1v) is 12.0. The summed E-state index contributed by atoms with van der Waals surface area (Å²) in [5.74, 6) is 0.434. The van der Waals surface area contributed by atoms with Crippen molar-refractivity contribution in [1.82, 2.24) is 0 Å². The fourth-order valence-electron chi connectivity index (χ4n) is 4.56. The molecule has 2 atom stereocenters. The zero-order chi connectivity index (χ0) is 24.0. The van der Waals surface area contributed by atoms with Crippen molar-refractivity contribution in [1.29, 1.82) is 0 Å². The average Bonchev–Trinajstić information content (AvgIpc) is 3.36. The summed E-state index contributed by atoms with van der Waals surface area (Å²) >= 11 is 0. The maximum absolute atomic E-state index is 10.4. The normalized spacial score (nSPS) is 17.9. The molecule has 0 radical (unpaired) electrons. The Morgan fingerprint density at radius 2 is 0.971 bits per heavy atom. The number of nitrogens with zero attached hydrogens (tertiary/aromatic N) is 2. The lowest BCUT2D eigenvalue weighted by atomic mass is 10.0. The Morgan fingerprint density at radius 3 is 1.40 bits per heavy atom. The van der Waals surface area contributed by atoms with E-state index in [4.69, 9.17) is 9.98 Å². The van der Waals surface area contributed by atoms with Crippen molar-refractivity contribution in [2.24, 2.45) is 9.98 Å². The Kier molecular flexibility index (Phi) is 6.71. The molecule has 4 heteroatoms. The molecule has 4 aromatic carbocycles. The highest BCUT2D eigenvalue weighted by molar-refractivity contribution is 5.87. The molecule has 2 N–H and O–H groups in total. The van der Waals surface area contributed by atoms with Gasteiger partial charge >= 0.3 is 0 Å². The standard InChI is InChI=1S/C31H28N2O2/c34-30-16-14-24(22-8-3-1-4-9-22)18-26(30)20-32-28-12-7-13-29(28)33-21-27-19-25(15-17-31(27)35)23-10-5-2-6-11-23/h1-6,8-11,14-21,28-29,34-35H,7,12-13H2. The lowest BCUT2D eigenvalue weighted by molar-refractivity contribution is 0.473. The summed E-state index contributed by atoms with van der Waals surface area (Å²) in [7, 11) is 0. The first-order chi connectivity index (χ1) is 17.2. The number of benzene rings is 4. The van der Waals surface area contributed by atoms with E-state index in [9.17, 15) is 10.2 Å². The summed E-state index contributed by atoms with van der Waals surface area (Å²) in [6, 6.07) is 31.5. The van der Waals surface area contributed by atoms with Crippen LogP contribution in [0, 0.1) is 0 Å². The van der Waals surface area contributed by atoms with Crippen LogP contribution in [0.15, 0.2) is 107 Å². The third-order valence-electron chi connectivity index (χ3n) is 6.52. The van der Waals surface area contributed by atoms with E-state index < -0.39 is 0 Å². The molecule has 174 valence electrons. The first-order valence-electron chi connectivity index (χ1n) is 12.0. The molecule has 1 saturated carbocycles. The topological polar surface area (TPSA) is 65.2 Å². The van der Waals surface area contributed by atoms with Crippen molar-refractivity contribution in [2.45, 2.75) is 31.3 Å². The van der Waals surface area contributed by atoms with Crippen LogP contribution in [0.25, 0.3) is 22.3 Å². The number of phenols is 2. The summed E-state index contributed by atoms with van der Waals surface area (Å²) in [6.07, 6.45) is 6.50. The molecular formula is C31H28N2O2. The molecule has 1 fully saturated rings. The second-order valence-corrected chi connectivity index (χ2v) is 8.90. The van der Waals surface area contributed by atoms with E-state index in [2.05, 4.69) is 24.3 Å². The van der Waals surface area contributed by atoms with Gasteiger partial charge < -0.3 is 10.2 Å². The van der Waals surface area contributed by atoms with E-state index in [-0.39, 0.29) is 23.6 Å². The molecule has 0 amide bonds. The van der Waals surface area contributed by atoms with Crippen molar-refractivity contribution in [3.63, 3.8) is 0 Å². The van der Waals surface area contributed by atoms with Gasteiger partial charge in [0.2, 0.25) is 0 Å². The van der Waals surface area contributed by atoms with E-state index in [0.29, 0.717) is 11.1 Å². The molecule has 0 aliphatic heterocycles. The Balaban J connectivity index is 1.34. The van der Waals surface area contributed by atoms with Crippen LogP contribution in [0.4, 0.5) is 0 Å². The average molecular weight is 461 g/mol. The molecular weight excluding hydrogens is 432 g/mol. The van der Waals surface area contributed by atoms with E-state index >= 15 is 0 Å². The monoisotopic (exact) mass is 460 g/mol. The van der Waals surface area contributed by atoms with Crippen LogP contribution in [0.1, 0.15) is 30.4 Å². The Morgan fingerprint density at radius 1 is 0.543 bits per heavy atom. The fourth-order valence-corrected chi connectivity index (χ4v) is 4.56. The Hall–Kier alpha value is -4.18. The van der Waals surface area contributed by atoms with Gasteiger partial charge in [-0.05, 0) is 65.8 Å². The van der Waals surface area contributed by atoms with Crippen LogP contribution >= 0.6 is 0 Å². The fraction of sp³-hybridized carbons (Fsp3) is 0.161. The van der Waals surface area contributed by atoms with Gasteiger partial charge in [0.25, 0.3) is 0 Å². The smallest absolute Gasteiger partial charge is 0.124 e. The van der Waals surface area contributed by atoms with Crippen LogP contribution in [0.3, 0.4) is 0 Å². The van der Waals surface area contributed by atoms with Gasteiger partial charge in [-0.1, -0.05) is 72.8 Å². The molecule has 0 bridgehead atoms. The summed E-state index contributed by atoms with van der Waals surface area (Å²) < 4.78 is 0. The molecule has 0 saturated heterocycles. The van der Waals surface area contributed by atoms with Crippen molar-refractivity contribution in [3.8, 4) is 33.8 Å². The van der Waals surface area contributed by atoms with E-state index in [0.717, 1.165) is 41.5 Å². The molecule has 0 heterocycles. The molecule has 35 heavy (non-hydrogen) atoms. The second kappa shape index (κ2) is 10.4. The van der Waals surface area contributed by atoms with Crippen molar-refractivity contribution < 1.29 is 10.2 Å². The third-order valence-corrected chi connectivity index (χ3v) is 6.52. The minimum absolute atomic E-state index is 0.0467. The molecule has 4 aromatic rings. The maximum atomic E-state index is 10.4. The number of hydrogen-bond donors (Lipinski definition) is 2. The highest BCUT2D eigenvalue weighted by Gasteiger charge is 2.25. The predicted octanol–water partition coefficient (Wildman–Crippen LogP) is 6.89. The maximum Gasteiger partial charge on any atom is 0.124 e. The lowest BCUT2D eigenvalue weighted by Crippen LogP contribution is -2.16. The summed E-state index contributed by atoms with van der Waals surface area (Å²) in [4.78, 5) is 9.62. The number of hydrogen-bond acceptors (Lipinski definition) is 4. The molecule has 0 spiro atoms. The minimum atomic E-state index is 0.0467. The van der Waals surface area contributed by atoms with E-state index in [1.165, 1.54) is 0 Å². The first kappa shape index (κ1) is 22.6. The zero-order valence-corrected chi connectivity index (χ0v) is 19.5. The van der Waals surface area contributed by atoms with Gasteiger partial charge in [0.1, 0.15) is 11.5 Å². The van der Waals surface area contributed by atoms with E-state index in [1.807, 2.05) is 60.7 Å². The van der Waals surface area contributed by atoms with Gasteiger partial charge in [-0.3, -0.25) is 9.98 Å². The molecule has 2 unspecified atom stereocenters. The van der Waals surface area contributed by atoms with Gasteiger partial charge in [-0.25, -0.2) is 0 Å². The Labute approximate surface area is 206 Å². The zero-order valence-electron chi connectivity index (χ0n) is 19.5. The summed E-state index contributed by atoms with van der Waals surface area (Å²) in [5, 5.41) is 20.8. The molecule has 0 aromatic heterocycles. The lowest BCUT2D eigenvalue weighted by Gasteiger charge is -2.12. The molecule has 4 nitrogen and oxygen atoms in total. The minimum Gasteiger partial charge on any atom is -0.507 e. The van der Waals surface area contributed by atoms with Gasteiger partial charge in [0, 0.05) is 23.6 Å². The molecule has 1 aliphatic rings. The number of aromatic hydroxyl groups is 2. The highest BCUT2D eigenvalue weighted by Crippen LogP contribution is 2.29. The summed E-state index contributed by atoms with van der Waals surface area (Å²) in [5.41, 5.74) is 5.69. The third kappa shape index (κ3) is 5.33. The van der Waals surface area contributed by atoms with Crippen molar-refractivity contribution >= 4 is 12.4 Å². The predicted molar refractivity (Wildman–Crippen MR) is 144 cm³/mol. The highest BCUT2D eigenvalue weighted by atomic mass is 16.3. The number of aliphatic imine (C=N–C) groups is 2. The van der Waals surface area contributed by atoms with Crippen LogP contribution in [0.2, 0.25) is 0 Å². The summed E-state index contributed by atoms with van der Waals surface area (Å²) in [6.45, 7) is 0. The van der Waals surface area contributed by atoms with Crippen molar-refractivity contribution in [3.05, 3.63) is 108 Å². The molecule has 5 rings (SSSR count). The number of rotatable bonds is 6. The van der Waals surface area contributed by atoms with Crippen molar-refractivity contribution in [2.75, 3.05) is 0 Å². The van der Waals surface area contributed by atoms with Gasteiger partial charge in [0.15, 0.2) is 0 Å². The van der Waals surface area contributed by atoms with Crippen LogP contribution in [0.5, 0.6) is 11.5 Å². The second-order valence-electron chi connectivity index (χ2n) is 8.90. The van der Waals surface area contributed by atoms with Gasteiger partial charge in [0.05, 0.1) is 12.1 Å². The largest absolute Gasteiger partial charge is 0.507 e. The van der Waals surface area contributed by atoms with Gasteiger partial charge in [-0.2, -0.15) is 0 Å². The molecule has 1 aliphatic carbocycles. The van der Waals surface area contributed by atoms with Crippen LogP contribution < -0.4 is 0 Å². The SMILES string of the molecule is Oc1ccc(-c2ccccc2)cc1C=NC1CCCC1N=Cc1cc(-c2ccccc2)ccc1O. The quantitative estimate of drug-likeness (QED) is 0.308. The Bertz CT molecular complexity index is 1240. The van der Waals surface area contributed by atoms with Crippen LogP contribution in [-0.2, 0) is 0 Å².